The molecule has 0 radical (unpaired) electrons. The maximum Gasteiger partial charge on any atom is 0.302 e. The minimum atomic E-state index is -4.09. The third-order valence-electron chi connectivity index (χ3n) is 19.1. The monoisotopic (exact) mass is 1950 g/mol. The molecule has 0 bridgehead atoms. The number of aromatic amines is 6. The van der Waals surface area contributed by atoms with Crippen LogP contribution in [0.1, 0.15) is 182 Å². The van der Waals surface area contributed by atoms with Gasteiger partial charge >= 0.3 is 35.4 Å². The minimum Gasteiger partial charge on any atom is -0.354 e. The number of nitrogens with one attached hydrogen (secondary N) is 6. The number of nitrogens with zero attached hydrogens (tertiary/aromatic N) is 30. The second kappa shape index (κ2) is 46.5. The fourth-order valence-electron chi connectivity index (χ4n) is 12.5. The molecule has 6 amide bonds. The zero-order valence-corrected chi connectivity index (χ0v) is 71.8. The lowest BCUT2D eigenvalue weighted by Crippen LogP contribution is -2.53. The molecule has 0 aliphatic carbocycles. The third kappa shape index (κ3) is 23.1. The molecule has 6 aliphatic heterocycles. The predicted octanol–water partition coefficient (Wildman–Crippen LogP) is 9.30. The molecule has 12 atom stereocenters. The number of anilines is 6. The van der Waals surface area contributed by atoms with Crippen molar-refractivity contribution in [3.8, 4) is 0 Å². The summed E-state index contributed by atoms with van der Waals surface area (Å²) in [6, 6.07) is -10.00. The molecule has 18 rings (SSSR count). The van der Waals surface area contributed by atoms with Crippen molar-refractivity contribution in [2.45, 2.75) is 116 Å². The standard InChI is InChI=1S/6C16H20N6O/c6*1-11-5-7-22(14(23)8-17-2)9-13(11)21(3)16-12-4-6-18-15(12)19-10-20-16/h6*4,6,10-11,13H,5,7-9H2,1,3H3,(H,18,19,20)/t6*11-,13+/m111111/s1/i1D3,5D2,7D2,8D2,9D2,10D,11D,13D;5D2,7D2,8D2,9D2,10D,11D,13D;1D3,5D2,7D2,8D2,9D2,10D,13D;1D3,3D3,5D2,7D2,8D2,9D2,10D;5D2,7D2,8D2,9D2,10D,13D;3D3,5D2,7D2,8D2,9D2,10D. The maximum absolute atomic E-state index is 13.0. The van der Waals surface area contributed by atoms with Crippen LogP contribution in [0, 0.1) is 74.9 Å². The van der Waals surface area contributed by atoms with Gasteiger partial charge in [0.2, 0.25) is 0 Å². The zero-order valence-electron chi connectivity index (χ0n) is 147. The summed E-state index contributed by atoms with van der Waals surface area (Å²) in [5.74, 6) is -31.3. The SMILES string of the molecule is [2H]c1nc(N(C)[C@@]2([2H])C([2H])([2H])N(C(=O)C([2H])([2H])[N+]#[C-])C([2H])([2H])C([2H])([2H])[C@@]2([2H])C([2H])([2H])[2H])c2cc[nH]c2n1.[2H]c1nc(N(C)[C@@]2([2H])C([2H])([2H])N(C(=O)C([2H])([2H])[N+]#[C-])C([2H])([2H])C([2H])([2H])[C@@]2([2H])C)c2cc[nH]c2n1.[2H]c1nc(N(C)[C@]2([2H])[C@H](C([2H])([2H])[2H])C([2H])([2H])C([2H])([2H])N(C(=O)C([2H])([2H])[N+]#[C-])C2([2H])[2H])c2cc[nH]c2n1.[2H]c1nc(N(C)[C@]2([2H])[C@H](C)C([2H])([2H])C([2H])([2H])N(C(=O)C([2H])([2H])[N+]#[C-])C2([2H])[2H])c2cc[nH]c2n1.[2H]c1nc(N([C@@H]2[C@H](C([2H])([2H])[2H])C([2H])([2H])C([2H])([2H])N(C(=O)C([2H])([2H])[N+]#[C-])C2([2H])[2H])C([2H])([2H])[2H])c2cc[nH]c2n1.[2H]c1nc(N([C@@H]2[C@H](C)C([2H])([2H])C([2H])([2H])N(C(=O)C([2H])([2H])[N+]#[C-])C2([2H])[2H])C([2H])([2H])[2H])c2cc[nH]c2n1. The van der Waals surface area contributed by atoms with Crippen LogP contribution in [0.4, 0.5) is 34.9 Å². The number of piperidine rings is 6. The Bertz CT molecular complexity index is 10400. The van der Waals surface area contributed by atoms with E-state index in [-0.39, 0.29) is 92.5 Å². The fourth-order valence-corrected chi connectivity index (χ4v) is 12.5. The summed E-state index contributed by atoms with van der Waals surface area (Å²) in [7, 11) is 4.05. The lowest BCUT2D eigenvalue weighted by molar-refractivity contribution is -0.131. The summed E-state index contributed by atoms with van der Waals surface area (Å²) in [5.41, 5.74) is 0.213. The lowest BCUT2D eigenvalue weighted by atomic mass is 9.92. The minimum absolute atomic E-state index is 0.0164. The first-order valence-electron chi connectivity index (χ1n) is 76.2. The van der Waals surface area contributed by atoms with E-state index in [1.165, 1.54) is 80.6 Å². The Balaban J connectivity index is 0.000000204. The molecule has 12 aromatic rings. The molecule has 6 saturated heterocycles. The van der Waals surface area contributed by atoms with E-state index in [9.17, 15) is 28.8 Å². The molecule has 720 valence electrons. The van der Waals surface area contributed by atoms with Crippen molar-refractivity contribution in [3.05, 3.63) is 180 Å². The van der Waals surface area contributed by atoms with Crippen LogP contribution in [-0.4, -0.2) is 350 Å². The summed E-state index contributed by atoms with van der Waals surface area (Å²) in [6.45, 7) is -38.8. The molecule has 12 aromatic heterocycles. The molecule has 42 heteroatoms. The van der Waals surface area contributed by atoms with E-state index >= 15 is 0 Å². The number of likely N-dealkylation sites (N-methyl/N-ethyl adjacent to an activating group) is 6. The molecule has 42 nitrogen and oxygen atoms in total. The normalized spacial score (nSPS) is 40.0. The zero-order chi connectivity index (χ0) is 165. The van der Waals surface area contributed by atoms with Gasteiger partial charge in [0.15, 0.2) is 0 Å². The van der Waals surface area contributed by atoms with Crippen LogP contribution in [0.5, 0.6) is 0 Å². The second-order valence-electron chi connectivity index (χ2n) is 27.5. The number of aromatic nitrogens is 18. The third-order valence-corrected chi connectivity index (χ3v) is 19.1. The topological polar surface area (TPSA) is 417 Å². The van der Waals surface area contributed by atoms with E-state index in [1.807, 2.05) is 0 Å². The maximum atomic E-state index is 13.0. The number of fused-ring (bicyclic) bond motifs is 6. The van der Waals surface area contributed by atoms with Crippen molar-refractivity contribution in [2.75, 3.05) is 188 Å². The molecule has 6 fully saturated rings. The summed E-state index contributed by atoms with van der Waals surface area (Å²) < 4.78 is 618. The Labute approximate surface area is 907 Å². The van der Waals surface area contributed by atoms with Gasteiger partial charge in [0.25, 0.3) is 39.0 Å². The van der Waals surface area contributed by atoms with Crippen LogP contribution in [-0.2, 0) is 28.8 Å². The number of carbonyl (C=O) groups is 6. The van der Waals surface area contributed by atoms with E-state index in [0.717, 1.165) is 46.8 Å². The van der Waals surface area contributed by atoms with Crippen molar-refractivity contribution in [1.82, 2.24) is 119 Å². The quantitative estimate of drug-likeness (QED) is 0.0435. The molecule has 0 saturated carbocycles. The Morgan fingerprint density at radius 1 is 0.333 bits per heavy atom. The molecule has 0 aromatic carbocycles. The average Bonchev–Trinajstić information content (AvgIpc) is 1.00. The Kier molecular flexibility index (Phi) is 13.8. The molecule has 6 aliphatic rings. The second-order valence-corrected chi connectivity index (χ2v) is 27.5. The smallest absolute Gasteiger partial charge is 0.302 e. The summed E-state index contributed by atoms with van der Waals surface area (Å²) in [6.07, 6.45) is -16.8. The fraction of sp³-hybridized carbons (Fsp3) is 0.500. The van der Waals surface area contributed by atoms with Crippen molar-refractivity contribution in [1.29, 1.82) is 0 Å². The van der Waals surface area contributed by atoms with E-state index < -0.39 is 377 Å². The lowest BCUT2D eigenvalue weighted by Gasteiger charge is -2.41. The molecule has 6 N–H and O–H groups in total. The molecule has 0 spiro atoms. The van der Waals surface area contributed by atoms with Gasteiger partial charge in [-0.05, 0) is 110 Å². The number of amides is 6. The predicted molar refractivity (Wildman–Crippen MR) is 527 cm³/mol. The van der Waals surface area contributed by atoms with Gasteiger partial charge in [0.05, 0.1) is 90.4 Å². The van der Waals surface area contributed by atoms with E-state index in [1.54, 1.807) is 0 Å². The number of hydrogen-bond donors (Lipinski definition) is 6. The van der Waals surface area contributed by atoms with Gasteiger partial charge in [-0.3, -0.25) is 28.8 Å². The highest BCUT2D eigenvalue weighted by atomic mass is 16.2. The Hall–Kier alpha value is -15.7. The highest BCUT2D eigenvalue weighted by molar-refractivity contribution is 5.93. The summed E-state index contributed by atoms with van der Waals surface area (Å²) in [4.78, 5) is 155. The van der Waals surface area contributed by atoms with Gasteiger partial charge in [0, 0.05) is 213 Å². The first-order valence-corrected chi connectivity index (χ1v) is 38.7. The van der Waals surface area contributed by atoms with E-state index in [2.05, 4.69) is 119 Å². The number of H-pyrrole nitrogens is 6. The van der Waals surface area contributed by atoms with Crippen molar-refractivity contribution < 1.29 is 132 Å². The van der Waals surface area contributed by atoms with E-state index in [0.29, 0.717) is 19.6 Å². The highest BCUT2D eigenvalue weighted by Gasteiger charge is 2.41. The van der Waals surface area contributed by atoms with Crippen LogP contribution in [0.2, 0.25) is 0 Å². The van der Waals surface area contributed by atoms with Crippen LogP contribution < -0.4 is 29.4 Å². The number of likely N-dealkylation sites (tertiary alicyclic amines) is 6. The van der Waals surface area contributed by atoms with Crippen LogP contribution in [0.15, 0.2) is 111 Å². The van der Waals surface area contributed by atoms with Crippen molar-refractivity contribution in [2.24, 2.45) is 35.5 Å². The molecule has 0 unspecified atom stereocenters. The number of hydrogen-bond acceptors (Lipinski definition) is 24. The van der Waals surface area contributed by atoms with Gasteiger partial charge in [-0.1, -0.05) is 41.3 Å². The number of carbonyl (C=O) groups excluding carboxylic acids is 6. The molecular formula is C96H120N36O6. The Morgan fingerprint density at radius 2 is 0.565 bits per heavy atom. The van der Waals surface area contributed by atoms with Crippen LogP contribution in [0.3, 0.4) is 0 Å². The highest BCUT2D eigenvalue weighted by Crippen LogP contribution is 2.37. The average molecular weight is 1950 g/mol. The Morgan fingerprint density at radius 3 is 0.855 bits per heavy atom. The van der Waals surface area contributed by atoms with Crippen LogP contribution >= 0.6 is 0 Å². The van der Waals surface area contributed by atoms with E-state index in [4.69, 9.17) is 142 Å². The molecular weight excluding hydrogens is 1750 g/mol. The molecule has 18 heterocycles. The van der Waals surface area contributed by atoms with Gasteiger partial charge < -0.3 is 118 Å². The molecule has 138 heavy (non-hydrogen) atoms. The summed E-state index contributed by atoms with van der Waals surface area (Å²) >= 11 is 0. The summed E-state index contributed by atoms with van der Waals surface area (Å²) in [5, 5.41) is 0.359. The van der Waals surface area contributed by atoms with Gasteiger partial charge in [0.1, 0.15) is 131 Å². The number of rotatable bonds is 18. The van der Waals surface area contributed by atoms with Crippen LogP contribution in [0.25, 0.3) is 95.3 Å². The largest absolute Gasteiger partial charge is 0.354 e. The van der Waals surface area contributed by atoms with Gasteiger partial charge in [-0.2, -0.15) is 0 Å². The first kappa shape index (κ1) is 41.1. The van der Waals surface area contributed by atoms with Crippen molar-refractivity contribution in [3.63, 3.8) is 0 Å². The van der Waals surface area contributed by atoms with Gasteiger partial charge in [-0.15, -0.1) is 0 Å². The first-order chi connectivity index (χ1) is 95.4. The van der Waals surface area contributed by atoms with Gasteiger partial charge in [-0.25, -0.2) is 99.2 Å². The van der Waals surface area contributed by atoms with Crippen molar-refractivity contribution >= 4 is 137 Å².